The van der Waals surface area contributed by atoms with Gasteiger partial charge < -0.3 is 5.11 Å². The lowest BCUT2D eigenvalue weighted by Crippen LogP contribution is -2.32. The second-order valence-corrected chi connectivity index (χ2v) is 6.07. The average molecular weight is 335 g/mol. The third kappa shape index (κ3) is 2.06. The lowest BCUT2D eigenvalue weighted by molar-refractivity contribution is -0.143. The van der Waals surface area contributed by atoms with Gasteiger partial charge in [-0.25, -0.2) is 4.68 Å². The highest BCUT2D eigenvalue weighted by atomic mass is 79.9. The molecule has 104 valence electrons. The summed E-state index contributed by atoms with van der Waals surface area (Å²) in [6.45, 7) is 0. The van der Waals surface area contributed by atoms with Crippen molar-refractivity contribution in [1.29, 1.82) is 0 Å². The van der Waals surface area contributed by atoms with Crippen molar-refractivity contribution in [2.75, 3.05) is 0 Å². The largest absolute Gasteiger partial charge is 0.481 e. The zero-order valence-electron chi connectivity index (χ0n) is 10.9. The summed E-state index contributed by atoms with van der Waals surface area (Å²) in [5.41, 5.74) is 1.08. The van der Waals surface area contributed by atoms with Crippen molar-refractivity contribution in [3.8, 4) is 5.69 Å². The molecule has 1 aliphatic rings. The van der Waals surface area contributed by atoms with Crippen LogP contribution in [0.15, 0.2) is 41.1 Å². The molecule has 5 heteroatoms. The first-order chi connectivity index (χ1) is 9.63. The fourth-order valence-electron chi connectivity index (χ4n) is 3.01. The number of halogens is 1. The Labute approximate surface area is 125 Å². The summed E-state index contributed by atoms with van der Waals surface area (Å²) in [5, 5.41) is 13.8. The van der Waals surface area contributed by atoms with Crippen molar-refractivity contribution in [3.63, 3.8) is 0 Å². The maximum Gasteiger partial charge on any atom is 0.314 e. The predicted molar refractivity (Wildman–Crippen MR) is 79.0 cm³/mol. The molecular formula is C15H15BrN2O2. The van der Waals surface area contributed by atoms with Crippen LogP contribution in [0, 0.1) is 0 Å². The van der Waals surface area contributed by atoms with Crippen molar-refractivity contribution in [3.05, 3.63) is 46.7 Å². The molecule has 0 spiro atoms. The van der Waals surface area contributed by atoms with Gasteiger partial charge in [-0.15, -0.1) is 0 Å². The minimum atomic E-state index is -0.717. The molecule has 1 fully saturated rings. The minimum Gasteiger partial charge on any atom is -0.481 e. The molecule has 0 atom stereocenters. The zero-order chi connectivity index (χ0) is 14.2. The number of nitrogens with zero attached hydrogens (tertiary/aromatic N) is 2. The van der Waals surface area contributed by atoms with E-state index in [0.29, 0.717) is 0 Å². The number of carbonyl (C=O) groups is 1. The van der Waals surface area contributed by atoms with Gasteiger partial charge >= 0.3 is 5.97 Å². The molecule has 1 N–H and O–H groups in total. The lowest BCUT2D eigenvalue weighted by atomic mass is 9.79. The molecule has 0 unspecified atom stereocenters. The van der Waals surface area contributed by atoms with Crippen LogP contribution in [-0.2, 0) is 10.2 Å². The van der Waals surface area contributed by atoms with Crippen molar-refractivity contribution in [2.24, 2.45) is 0 Å². The molecule has 0 saturated heterocycles. The van der Waals surface area contributed by atoms with Crippen LogP contribution in [0.5, 0.6) is 0 Å². The first kappa shape index (κ1) is 13.4. The standard InChI is InChI=1S/C15H15BrN2O2/c16-12-10-11(15(14(19)20)6-1-2-7-15)4-5-13(12)18-9-3-8-17-18/h3-5,8-10H,1-2,6-7H2,(H,19,20). The SMILES string of the molecule is O=C(O)C1(c2ccc(-n3cccn3)c(Br)c2)CCCC1. The van der Waals surface area contributed by atoms with Gasteiger partial charge in [0.1, 0.15) is 0 Å². The molecule has 0 aliphatic heterocycles. The predicted octanol–water partition coefficient (Wildman–Crippen LogP) is 3.53. The quantitative estimate of drug-likeness (QED) is 0.934. The molecule has 1 heterocycles. The Hall–Kier alpha value is -1.62. The number of aromatic nitrogens is 2. The Kier molecular flexibility index (Phi) is 3.38. The maximum absolute atomic E-state index is 11.7. The van der Waals surface area contributed by atoms with Crippen molar-refractivity contribution in [1.82, 2.24) is 9.78 Å². The lowest BCUT2D eigenvalue weighted by Gasteiger charge is -2.25. The number of carboxylic acids is 1. The van der Waals surface area contributed by atoms with Crippen LogP contribution in [-0.4, -0.2) is 20.9 Å². The van der Waals surface area contributed by atoms with E-state index in [9.17, 15) is 9.90 Å². The van der Waals surface area contributed by atoms with Gasteiger partial charge in [0, 0.05) is 16.9 Å². The van der Waals surface area contributed by atoms with Crippen molar-refractivity contribution >= 4 is 21.9 Å². The van der Waals surface area contributed by atoms with Crippen LogP contribution in [0.1, 0.15) is 31.2 Å². The second kappa shape index (κ2) is 5.05. The number of benzene rings is 1. The highest BCUT2D eigenvalue weighted by Crippen LogP contribution is 2.42. The van der Waals surface area contributed by atoms with Crippen molar-refractivity contribution in [2.45, 2.75) is 31.1 Å². The van der Waals surface area contributed by atoms with Gasteiger partial charge in [-0.3, -0.25) is 4.79 Å². The Balaban J connectivity index is 2.04. The van der Waals surface area contributed by atoms with E-state index in [-0.39, 0.29) is 0 Å². The van der Waals surface area contributed by atoms with Gasteiger partial charge in [0.25, 0.3) is 0 Å². The van der Waals surface area contributed by atoms with Gasteiger partial charge in [0.05, 0.1) is 11.1 Å². The van der Waals surface area contributed by atoms with E-state index in [1.165, 1.54) is 0 Å². The molecule has 1 aliphatic carbocycles. The summed E-state index contributed by atoms with van der Waals surface area (Å²) in [6, 6.07) is 7.63. The van der Waals surface area contributed by atoms with Gasteiger partial charge in [0.2, 0.25) is 0 Å². The average Bonchev–Trinajstić information content (AvgIpc) is 3.11. The van der Waals surface area contributed by atoms with Crippen LogP contribution in [0.3, 0.4) is 0 Å². The van der Waals surface area contributed by atoms with Crippen LogP contribution in [0.25, 0.3) is 5.69 Å². The Bertz CT molecular complexity index is 631. The zero-order valence-corrected chi connectivity index (χ0v) is 12.5. The Morgan fingerprint density at radius 1 is 1.35 bits per heavy atom. The number of rotatable bonds is 3. The topological polar surface area (TPSA) is 55.1 Å². The summed E-state index contributed by atoms with van der Waals surface area (Å²) < 4.78 is 2.63. The number of hydrogen-bond donors (Lipinski definition) is 1. The smallest absolute Gasteiger partial charge is 0.314 e. The summed E-state index contributed by atoms with van der Waals surface area (Å²) in [4.78, 5) is 11.7. The van der Waals surface area contributed by atoms with Crippen LogP contribution >= 0.6 is 15.9 Å². The van der Waals surface area contributed by atoms with E-state index >= 15 is 0 Å². The second-order valence-electron chi connectivity index (χ2n) is 5.21. The van der Waals surface area contributed by atoms with Crippen LogP contribution in [0.4, 0.5) is 0 Å². The monoisotopic (exact) mass is 334 g/mol. The maximum atomic E-state index is 11.7. The fraction of sp³-hybridized carbons (Fsp3) is 0.333. The van der Waals surface area contributed by atoms with Gasteiger partial charge in [-0.2, -0.15) is 5.10 Å². The fourth-order valence-corrected chi connectivity index (χ4v) is 3.57. The van der Waals surface area contributed by atoms with E-state index in [4.69, 9.17) is 0 Å². The Morgan fingerprint density at radius 2 is 2.10 bits per heavy atom. The van der Waals surface area contributed by atoms with E-state index in [0.717, 1.165) is 41.4 Å². The minimum absolute atomic E-state index is 0.714. The number of hydrogen-bond acceptors (Lipinski definition) is 2. The van der Waals surface area contributed by atoms with E-state index in [1.807, 2.05) is 30.5 Å². The molecule has 2 aromatic rings. The molecule has 4 nitrogen and oxygen atoms in total. The van der Waals surface area contributed by atoms with E-state index < -0.39 is 11.4 Å². The normalized spacial score (nSPS) is 17.2. The van der Waals surface area contributed by atoms with Gasteiger partial charge in [-0.1, -0.05) is 18.9 Å². The molecular weight excluding hydrogens is 320 g/mol. The molecule has 0 bridgehead atoms. The Morgan fingerprint density at radius 3 is 2.65 bits per heavy atom. The molecule has 1 aromatic carbocycles. The third-order valence-electron chi connectivity index (χ3n) is 4.12. The third-order valence-corrected chi connectivity index (χ3v) is 4.75. The van der Waals surface area contributed by atoms with Crippen molar-refractivity contribution < 1.29 is 9.90 Å². The van der Waals surface area contributed by atoms with Gasteiger partial charge in [0.15, 0.2) is 0 Å². The molecule has 20 heavy (non-hydrogen) atoms. The summed E-state index contributed by atoms with van der Waals surface area (Å²) in [6.07, 6.45) is 6.97. The summed E-state index contributed by atoms with van der Waals surface area (Å²) in [7, 11) is 0. The molecule has 0 amide bonds. The van der Waals surface area contributed by atoms with Gasteiger partial charge in [-0.05, 0) is 52.5 Å². The molecule has 3 rings (SSSR count). The molecule has 1 saturated carbocycles. The van der Waals surface area contributed by atoms with Crippen LogP contribution < -0.4 is 0 Å². The van der Waals surface area contributed by atoms with Crippen LogP contribution in [0.2, 0.25) is 0 Å². The first-order valence-corrected chi connectivity index (χ1v) is 7.46. The van der Waals surface area contributed by atoms with E-state index in [2.05, 4.69) is 21.0 Å². The highest BCUT2D eigenvalue weighted by Gasteiger charge is 2.43. The molecule has 0 radical (unpaired) electrons. The first-order valence-electron chi connectivity index (χ1n) is 6.67. The summed E-state index contributed by atoms with van der Waals surface area (Å²) in [5.74, 6) is -0.714. The molecule has 1 aromatic heterocycles. The highest BCUT2D eigenvalue weighted by molar-refractivity contribution is 9.10. The van der Waals surface area contributed by atoms with E-state index in [1.54, 1.807) is 10.9 Å². The summed E-state index contributed by atoms with van der Waals surface area (Å²) >= 11 is 3.54. The number of carboxylic acid groups (broad SMARTS) is 1. The number of aliphatic carboxylic acids is 1.